The van der Waals surface area contributed by atoms with E-state index in [1.54, 1.807) is 18.3 Å². The molecular formula is C15H19BrFN3. The highest BCUT2D eigenvalue weighted by Gasteiger charge is 2.18. The van der Waals surface area contributed by atoms with Gasteiger partial charge in [-0.05, 0) is 52.7 Å². The summed E-state index contributed by atoms with van der Waals surface area (Å²) in [5, 5.41) is 7.75. The standard InChI is InChI=1S/C15H19BrFN3/c1-3-9-20-14(7-8-19-20)15(18-4-2)11-5-6-12(16)13(17)10-11/h5-8,10,15,18H,3-4,9H2,1-2H3. The van der Waals surface area contributed by atoms with E-state index in [0.29, 0.717) is 4.47 Å². The highest BCUT2D eigenvalue weighted by atomic mass is 79.9. The average molecular weight is 340 g/mol. The van der Waals surface area contributed by atoms with Gasteiger partial charge in [0.15, 0.2) is 0 Å². The summed E-state index contributed by atoms with van der Waals surface area (Å²) in [6.45, 7) is 5.83. The summed E-state index contributed by atoms with van der Waals surface area (Å²) in [6, 6.07) is 7.19. The molecule has 0 aliphatic heterocycles. The fourth-order valence-corrected chi connectivity index (χ4v) is 2.52. The van der Waals surface area contributed by atoms with E-state index in [0.717, 1.165) is 30.8 Å². The lowest BCUT2D eigenvalue weighted by atomic mass is 10.0. The zero-order chi connectivity index (χ0) is 14.5. The monoisotopic (exact) mass is 339 g/mol. The first kappa shape index (κ1) is 15.2. The smallest absolute Gasteiger partial charge is 0.137 e. The Labute approximate surface area is 127 Å². The third-order valence-electron chi connectivity index (χ3n) is 3.17. The Morgan fingerprint density at radius 3 is 2.80 bits per heavy atom. The van der Waals surface area contributed by atoms with Crippen LogP contribution in [0.2, 0.25) is 0 Å². The maximum absolute atomic E-state index is 13.8. The predicted octanol–water partition coefficient (Wildman–Crippen LogP) is 3.89. The van der Waals surface area contributed by atoms with E-state index in [9.17, 15) is 4.39 Å². The van der Waals surface area contributed by atoms with E-state index in [2.05, 4.69) is 33.3 Å². The topological polar surface area (TPSA) is 29.9 Å². The van der Waals surface area contributed by atoms with Crippen LogP contribution in [0.5, 0.6) is 0 Å². The molecule has 0 amide bonds. The first-order valence-corrected chi connectivity index (χ1v) is 7.66. The fraction of sp³-hybridized carbons (Fsp3) is 0.400. The minimum absolute atomic E-state index is 0.0448. The number of hydrogen-bond donors (Lipinski definition) is 1. The first-order valence-electron chi connectivity index (χ1n) is 6.87. The van der Waals surface area contributed by atoms with Crippen LogP contribution in [0.3, 0.4) is 0 Å². The van der Waals surface area contributed by atoms with Crippen molar-refractivity contribution in [3.05, 3.63) is 52.0 Å². The molecule has 1 atom stereocenters. The maximum atomic E-state index is 13.8. The Kier molecular flexibility index (Phi) is 5.31. The summed E-state index contributed by atoms with van der Waals surface area (Å²) in [6.07, 6.45) is 2.81. The molecule has 0 bridgehead atoms. The molecule has 2 aromatic rings. The zero-order valence-electron chi connectivity index (χ0n) is 11.7. The Bertz CT molecular complexity index is 568. The van der Waals surface area contributed by atoms with Crippen molar-refractivity contribution in [3.8, 4) is 0 Å². The van der Waals surface area contributed by atoms with Crippen LogP contribution in [-0.4, -0.2) is 16.3 Å². The zero-order valence-corrected chi connectivity index (χ0v) is 13.3. The highest BCUT2D eigenvalue weighted by molar-refractivity contribution is 9.10. The van der Waals surface area contributed by atoms with Gasteiger partial charge in [-0.25, -0.2) is 4.39 Å². The largest absolute Gasteiger partial charge is 0.305 e. The van der Waals surface area contributed by atoms with Gasteiger partial charge in [-0.2, -0.15) is 5.10 Å². The molecule has 3 nitrogen and oxygen atoms in total. The molecule has 0 aliphatic rings. The van der Waals surface area contributed by atoms with Gasteiger partial charge in [-0.15, -0.1) is 0 Å². The Hall–Kier alpha value is -1.20. The second-order valence-electron chi connectivity index (χ2n) is 4.64. The Morgan fingerprint density at radius 2 is 2.15 bits per heavy atom. The molecule has 1 N–H and O–H groups in total. The molecule has 5 heteroatoms. The molecule has 0 saturated carbocycles. The molecule has 108 valence electrons. The highest BCUT2D eigenvalue weighted by Crippen LogP contribution is 2.25. The van der Waals surface area contributed by atoms with Crippen molar-refractivity contribution < 1.29 is 4.39 Å². The minimum Gasteiger partial charge on any atom is -0.305 e. The molecule has 1 unspecified atom stereocenters. The molecule has 0 radical (unpaired) electrons. The van der Waals surface area contributed by atoms with Crippen molar-refractivity contribution in [2.24, 2.45) is 0 Å². The van der Waals surface area contributed by atoms with Gasteiger partial charge in [-0.3, -0.25) is 4.68 Å². The lowest BCUT2D eigenvalue weighted by Crippen LogP contribution is -2.25. The van der Waals surface area contributed by atoms with Crippen LogP contribution in [0.1, 0.15) is 37.6 Å². The summed E-state index contributed by atoms with van der Waals surface area (Å²) in [4.78, 5) is 0. The molecule has 0 spiro atoms. The fourth-order valence-electron chi connectivity index (χ4n) is 2.28. The van der Waals surface area contributed by atoms with Gasteiger partial charge in [0.05, 0.1) is 16.2 Å². The summed E-state index contributed by atoms with van der Waals surface area (Å²) in [5.41, 5.74) is 1.97. The van der Waals surface area contributed by atoms with Crippen molar-refractivity contribution in [1.82, 2.24) is 15.1 Å². The molecule has 0 aliphatic carbocycles. The number of aryl methyl sites for hydroxylation is 1. The molecular weight excluding hydrogens is 321 g/mol. The van der Waals surface area contributed by atoms with Gasteiger partial charge in [-0.1, -0.05) is 19.9 Å². The normalized spacial score (nSPS) is 12.6. The molecule has 0 saturated heterocycles. The molecule has 1 aromatic heterocycles. The number of benzene rings is 1. The summed E-state index contributed by atoms with van der Waals surface area (Å²) < 4.78 is 16.2. The summed E-state index contributed by atoms with van der Waals surface area (Å²) in [7, 11) is 0. The Morgan fingerprint density at radius 1 is 1.35 bits per heavy atom. The number of aromatic nitrogens is 2. The molecule has 20 heavy (non-hydrogen) atoms. The van der Waals surface area contributed by atoms with E-state index in [-0.39, 0.29) is 11.9 Å². The van der Waals surface area contributed by atoms with Gasteiger partial charge in [0, 0.05) is 12.7 Å². The van der Waals surface area contributed by atoms with Crippen LogP contribution in [0.15, 0.2) is 34.9 Å². The quantitative estimate of drug-likeness (QED) is 0.865. The van der Waals surface area contributed by atoms with Crippen LogP contribution in [0.25, 0.3) is 0 Å². The van der Waals surface area contributed by atoms with E-state index in [4.69, 9.17) is 0 Å². The number of nitrogens with zero attached hydrogens (tertiary/aromatic N) is 2. The number of nitrogens with one attached hydrogen (secondary N) is 1. The van der Waals surface area contributed by atoms with Crippen molar-refractivity contribution in [3.63, 3.8) is 0 Å². The predicted molar refractivity (Wildman–Crippen MR) is 82.1 cm³/mol. The van der Waals surface area contributed by atoms with Crippen LogP contribution in [0.4, 0.5) is 4.39 Å². The van der Waals surface area contributed by atoms with Crippen molar-refractivity contribution in [2.45, 2.75) is 32.9 Å². The lowest BCUT2D eigenvalue weighted by Gasteiger charge is -2.20. The van der Waals surface area contributed by atoms with Crippen LogP contribution >= 0.6 is 15.9 Å². The average Bonchev–Trinajstić information content (AvgIpc) is 2.88. The number of halogens is 2. The van der Waals surface area contributed by atoms with E-state index in [1.807, 2.05) is 23.7 Å². The number of hydrogen-bond acceptors (Lipinski definition) is 2. The third-order valence-corrected chi connectivity index (χ3v) is 3.81. The summed E-state index contributed by atoms with van der Waals surface area (Å²) >= 11 is 3.19. The van der Waals surface area contributed by atoms with Crippen LogP contribution in [0, 0.1) is 5.82 Å². The van der Waals surface area contributed by atoms with E-state index in [1.165, 1.54) is 0 Å². The van der Waals surface area contributed by atoms with Gasteiger partial charge in [0.25, 0.3) is 0 Å². The molecule has 0 fully saturated rings. The van der Waals surface area contributed by atoms with Gasteiger partial charge < -0.3 is 5.32 Å². The molecule has 1 aromatic carbocycles. The first-order chi connectivity index (χ1) is 9.67. The van der Waals surface area contributed by atoms with Crippen LogP contribution < -0.4 is 5.32 Å². The van der Waals surface area contributed by atoms with Gasteiger partial charge in [0.2, 0.25) is 0 Å². The van der Waals surface area contributed by atoms with E-state index >= 15 is 0 Å². The van der Waals surface area contributed by atoms with Crippen molar-refractivity contribution >= 4 is 15.9 Å². The van der Waals surface area contributed by atoms with Gasteiger partial charge in [0.1, 0.15) is 5.82 Å². The summed E-state index contributed by atoms with van der Waals surface area (Å²) in [5.74, 6) is -0.244. The lowest BCUT2D eigenvalue weighted by molar-refractivity contribution is 0.518. The Balaban J connectivity index is 2.39. The van der Waals surface area contributed by atoms with E-state index < -0.39 is 0 Å². The SMILES string of the molecule is CCCn1nccc1C(NCC)c1ccc(Br)c(F)c1. The minimum atomic E-state index is -0.244. The van der Waals surface area contributed by atoms with Crippen molar-refractivity contribution in [1.29, 1.82) is 0 Å². The molecule has 2 rings (SSSR count). The van der Waals surface area contributed by atoms with Crippen molar-refractivity contribution in [2.75, 3.05) is 6.54 Å². The second kappa shape index (κ2) is 6.99. The van der Waals surface area contributed by atoms with Gasteiger partial charge >= 0.3 is 0 Å². The third kappa shape index (κ3) is 3.27. The van der Waals surface area contributed by atoms with Crippen LogP contribution in [-0.2, 0) is 6.54 Å². The maximum Gasteiger partial charge on any atom is 0.137 e. The molecule has 1 heterocycles. The number of rotatable bonds is 6. The second-order valence-corrected chi connectivity index (χ2v) is 5.50.